The second-order valence-corrected chi connectivity index (χ2v) is 5.85. The lowest BCUT2D eigenvalue weighted by Gasteiger charge is -2.27. The average molecular weight is 275 g/mol. The van der Waals surface area contributed by atoms with Gasteiger partial charge in [0.15, 0.2) is 5.78 Å². The number of anilines is 1. The highest BCUT2D eigenvalue weighted by Crippen LogP contribution is 2.27. The minimum atomic E-state index is -0.575. The summed E-state index contributed by atoms with van der Waals surface area (Å²) in [5.74, 6) is 0.166. The zero-order valence-electron chi connectivity index (χ0n) is 12.3. The smallest absolute Gasteiger partial charge is 0.162 e. The van der Waals surface area contributed by atoms with Crippen LogP contribution in [-0.4, -0.2) is 23.0 Å². The molecule has 0 heterocycles. The summed E-state index contributed by atoms with van der Waals surface area (Å²) in [6.07, 6.45) is 6.99. The van der Waals surface area contributed by atoms with E-state index in [0.29, 0.717) is 13.0 Å². The zero-order chi connectivity index (χ0) is 14.4. The maximum absolute atomic E-state index is 11.6. The van der Waals surface area contributed by atoms with Crippen LogP contribution in [0.5, 0.6) is 0 Å². The van der Waals surface area contributed by atoms with Crippen LogP contribution in [0.2, 0.25) is 0 Å². The first kappa shape index (κ1) is 15.0. The van der Waals surface area contributed by atoms with E-state index < -0.39 is 5.60 Å². The van der Waals surface area contributed by atoms with Gasteiger partial charge < -0.3 is 10.4 Å². The monoisotopic (exact) mass is 275 g/mol. The zero-order valence-corrected chi connectivity index (χ0v) is 12.3. The van der Waals surface area contributed by atoms with Crippen molar-refractivity contribution in [2.45, 2.75) is 57.5 Å². The van der Waals surface area contributed by atoms with Gasteiger partial charge in [0.1, 0.15) is 0 Å². The molecule has 1 saturated carbocycles. The Bertz CT molecular complexity index is 431. The van der Waals surface area contributed by atoms with Crippen molar-refractivity contribution >= 4 is 11.5 Å². The first-order chi connectivity index (χ1) is 9.63. The van der Waals surface area contributed by atoms with Gasteiger partial charge in [-0.1, -0.05) is 32.6 Å². The lowest BCUT2D eigenvalue weighted by molar-refractivity contribution is 0.0381. The van der Waals surface area contributed by atoms with E-state index in [4.69, 9.17) is 0 Å². The first-order valence-electron chi connectivity index (χ1n) is 7.72. The molecule has 1 aliphatic carbocycles. The molecule has 1 aromatic carbocycles. The molecule has 1 aliphatic rings. The molecule has 3 nitrogen and oxygen atoms in total. The maximum atomic E-state index is 11.6. The Hall–Kier alpha value is -1.35. The Morgan fingerprint density at radius 1 is 1.15 bits per heavy atom. The van der Waals surface area contributed by atoms with Gasteiger partial charge in [0.2, 0.25) is 0 Å². The number of nitrogens with one attached hydrogen (secondary N) is 1. The van der Waals surface area contributed by atoms with Gasteiger partial charge in [0, 0.05) is 24.2 Å². The van der Waals surface area contributed by atoms with Crippen molar-refractivity contribution in [3.63, 3.8) is 0 Å². The summed E-state index contributed by atoms with van der Waals surface area (Å²) >= 11 is 0. The fourth-order valence-corrected chi connectivity index (χ4v) is 2.81. The third kappa shape index (κ3) is 4.07. The lowest BCUT2D eigenvalue weighted by Crippen LogP contribution is -2.36. The Labute approximate surface area is 121 Å². The van der Waals surface area contributed by atoms with Crippen LogP contribution in [0.1, 0.15) is 62.2 Å². The molecule has 0 spiro atoms. The minimum absolute atomic E-state index is 0.166. The molecule has 0 radical (unpaired) electrons. The van der Waals surface area contributed by atoms with E-state index in [0.717, 1.165) is 36.9 Å². The molecule has 1 aromatic rings. The highest BCUT2D eigenvalue weighted by molar-refractivity contribution is 5.96. The molecule has 3 heteroatoms. The highest BCUT2D eigenvalue weighted by Gasteiger charge is 2.27. The van der Waals surface area contributed by atoms with Crippen molar-refractivity contribution in [1.82, 2.24) is 0 Å². The molecule has 0 saturated heterocycles. The molecule has 0 unspecified atom stereocenters. The number of carbonyl (C=O) groups is 1. The van der Waals surface area contributed by atoms with E-state index in [9.17, 15) is 9.90 Å². The van der Waals surface area contributed by atoms with Gasteiger partial charge >= 0.3 is 0 Å². The molecule has 2 rings (SSSR count). The molecule has 2 N–H and O–H groups in total. The number of Topliss-reactive ketones (excluding diaryl/α,β-unsaturated/α-hetero) is 1. The van der Waals surface area contributed by atoms with Crippen LogP contribution in [0.15, 0.2) is 24.3 Å². The second-order valence-electron chi connectivity index (χ2n) is 5.85. The average Bonchev–Trinajstić information content (AvgIpc) is 2.70. The van der Waals surface area contributed by atoms with E-state index in [1.54, 1.807) is 0 Å². The quantitative estimate of drug-likeness (QED) is 0.635. The summed E-state index contributed by atoms with van der Waals surface area (Å²) in [5, 5.41) is 13.9. The van der Waals surface area contributed by atoms with Gasteiger partial charge in [-0.05, 0) is 37.1 Å². The molecule has 0 aromatic heterocycles. The molecular formula is C17H25NO2. The third-order valence-electron chi connectivity index (χ3n) is 4.18. The van der Waals surface area contributed by atoms with Gasteiger partial charge in [-0.15, -0.1) is 0 Å². The summed E-state index contributed by atoms with van der Waals surface area (Å²) in [6.45, 7) is 2.46. The summed E-state index contributed by atoms with van der Waals surface area (Å²) in [4.78, 5) is 11.6. The normalized spacial score (nSPS) is 18.3. The van der Waals surface area contributed by atoms with E-state index in [-0.39, 0.29) is 5.78 Å². The Morgan fingerprint density at radius 3 is 2.30 bits per heavy atom. The summed E-state index contributed by atoms with van der Waals surface area (Å²) in [6, 6.07) is 7.54. The van der Waals surface area contributed by atoms with Crippen LogP contribution < -0.4 is 5.32 Å². The molecule has 20 heavy (non-hydrogen) atoms. The lowest BCUT2D eigenvalue weighted by atomic mass is 9.94. The number of hydrogen-bond donors (Lipinski definition) is 2. The van der Waals surface area contributed by atoms with Crippen LogP contribution >= 0.6 is 0 Å². The van der Waals surface area contributed by atoms with Crippen LogP contribution in [0.25, 0.3) is 0 Å². The number of rotatable bonds is 5. The predicted octanol–water partition coefficient (Wildman–Crippen LogP) is 3.78. The predicted molar refractivity (Wildman–Crippen MR) is 82.2 cm³/mol. The Morgan fingerprint density at radius 2 is 1.75 bits per heavy atom. The van der Waals surface area contributed by atoms with Crippen molar-refractivity contribution in [1.29, 1.82) is 0 Å². The number of carbonyl (C=O) groups excluding carboxylic acids is 1. The van der Waals surface area contributed by atoms with Crippen LogP contribution in [0, 0.1) is 0 Å². The van der Waals surface area contributed by atoms with Gasteiger partial charge in [0.25, 0.3) is 0 Å². The van der Waals surface area contributed by atoms with Crippen LogP contribution in [0.4, 0.5) is 5.69 Å². The van der Waals surface area contributed by atoms with Crippen molar-refractivity contribution in [2.75, 3.05) is 11.9 Å². The molecule has 1 fully saturated rings. The fourth-order valence-electron chi connectivity index (χ4n) is 2.81. The van der Waals surface area contributed by atoms with Crippen molar-refractivity contribution in [3.05, 3.63) is 29.8 Å². The standard InChI is InChI=1S/C17H25NO2/c1-2-16(19)14-7-9-15(10-8-14)18-13-17(20)11-5-3-4-6-12-17/h7-10,18,20H,2-6,11-13H2,1H3. The van der Waals surface area contributed by atoms with Crippen LogP contribution in [-0.2, 0) is 0 Å². The van der Waals surface area contributed by atoms with Crippen LogP contribution in [0.3, 0.4) is 0 Å². The molecule has 0 aliphatic heterocycles. The van der Waals surface area contributed by atoms with Gasteiger partial charge in [-0.25, -0.2) is 0 Å². The molecular weight excluding hydrogens is 250 g/mol. The van der Waals surface area contributed by atoms with Crippen molar-refractivity contribution in [3.8, 4) is 0 Å². The topological polar surface area (TPSA) is 49.3 Å². The largest absolute Gasteiger partial charge is 0.388 e. The van der Waals surface area contributed by atoms with Gasteiger partial charge in [-0.3, -0.25) is 4.79 Å². The minimum Gasteiger partial charge on any atom is -0.388 e. The van der Waals surface area contributed by atoms with E-state index >= 15 is 0 Å². The second kappa shape index (κ2) is 6.89. The Balaban J connectivity index is 1.91. The van der Waals surface area contributed by atoms with E-state index in [2.05, 4.69) is 5.32 Å². The summed E-state index contributed by atoms with van der Waals surface area (Å²) in [7, 11) is 0. The number of benzene rings is 1. The molecule has 0 bridgehead atoms. The first-order valence-corrected chi connectivity index (χ1v) is 7.72. The fraction of sp³-hybridized carbons (Fsp3) is 0.588. The molecule has 0 amide bonds. The number of hydrogen-bond acceptors (Lipinski definition) is 3. The summed E-state index contributed by atoms with van der Waals surface area (Å²) < 4.78 is 0. The number of ketones is 1. The van der Waals surface area contributed by atoms with E-state index in [1.165, 1.54) is 12.8 Å². The SMILES string of the molecule is CCC(=O)c1ccc(NCC2(O)CCCCCC2)cc1. The van der Waals surface area contributed by atoms with Crippen molar-refractivity contribution < 1.29 is 9.90 Å². The third-order valence-corrected chi connectivity index (χ3v) is 4.18. The van der Waals surface area contributed by atoms with Gasteiger partial charge in [0.05, 0.1) is 5.60 Å². The Kier molecular flexibility index (Phi) is 5.18. The summed E-state index contributed by atoms with van der Waals surface area (Å²) in [5.41, 5.74) is 1.15. The van der Waals surface area contributed by atoms with E-state index in [1.807, 2.05) is 31.2 Å². The highest BCUT2D eigenvalue weighted by atomic mass is 16.3. The number of aliphatic hydroxyl groups is 1. The maximum Gasteiger partial charge on any atom is 0.162 e. The van der Waals surface area contributed by atoms with Crippen molar-refractivity contribution in [2.24, 2.45) is 0 Å². The molecule has 110 valence electrons. The molecule has 0 atom stereocenters. The van der Waals surface area contributed by atoms with Gasteiger partial charge in [-0.2, -0.15) is 0 Å².